The van der Waals surface area contributed by atoms with Crippen molar-refractivity contribution in [3.05, 3.63) is 93.9 Å². The number of carbonyl (C=O) groups excluding carboxylic acids is 4. The fraction of sp³-hybridized carbons (Fsp3) is 0.479. The fourth-order valence-corrected chi connectivity index (χ4v) is 8.82. The Hall–Kier alpha value is -4.96. The van der Waals surface area contributed by atoms with Crippen molar-refractivity contribution in [2.75, 3.05) is 33.4 Å². The zero-order valence-corrected chi connectivity index (χ0v) is 38.6. The Kier molecular flexibility index (Phi) is 16.8. The van der Waals surface area contributed by atoms with E-state index < -0.39 is 73.9 Å². The molecule has 65 heavy (non-hydrogen) atoms. The first-order chi connectivity index (χ1) is 30.9. The average molecular weight is 943 g/mol. The van der Waals surface area contributed by atoms with Crippen molar-refractivity contribution in [1.29, 1.82) is 0 Å². The maximum Gasteiger partial charge on any atom is 0.422 e. The number of imidazole rings is 1. The first-order valence-corrected chi connectivity index (χ1v) is 22.7. The molecule has 2 amide bonds. The van der Waals surface area contributed by atoms with Gasteiger partial charge in [0.05, 0.1) is 49.1 Å². The number of ketones is 2. The molecule has 4 aromatic rings. The summed E-state index contributed by atoms with van der Waals surface area (Å²) in [7, 11) is 3.53. The van der Waals surface area contributed by atoms with Gasteiger partial charge >= 0.3 is 6.18 Å². The molecule has 3 heterocycles. The van der Waals surface area contributed by atoms with Crippen LogP contribution in [-0.4, -0.2) is 104 Å². The molecular weight excluding hydrogens is 886 g/mol. The van der Waals surface area contributed by atoms with Crippen LogP contribution in [0.3, 0.4) is 0 Å². The average Bonchev–Trinajstić information content (AvgIpc) is 3.93. The molecule has 2 saturated heterocycles. The monoisotopic (exact) mass is 941 g/mol. The third-order valence-electron chi connectivity index (χ3n) is 12.5. The summed E-state index contributed by atoms with van der Waals surface area (Å²) in [6.45, 7) is 3.14. The van der Waals surface area contributed by atoms with Crippen LogP contribution in [0.25, 0.3) is 11.3 Å². The van der Waals surface area contributed by atoms with E-state index in [1.54, 1.807) is 44.4 Å². The standard InChI is InChI=1S/C48H56Cl2F3N5O7/c1-5-32-22-46(62)58(30(2)42(61)21-34(28-59)47(63)55(3)37(14-17-41(32)60)20-31-8-12-35(49)13-9-31)26-39-43(64-29-48(51,52)53)23-36(50)24-44(39)65-38-15-10-33(11-16-38)40-25-54-45(56(40)4)27-57-18-6-7-19-57/h8-13,15-16,23-25,30,32,34,37,59H,5-7,14,17-22,26-29H2,1-4H3/t30-,32+,34-,37-/m0/s1. The van der Waals surface area contributed by atoms with Crippen LogP contribution in [0, 0.1) is 11.8 Å². The van der Waals surface area contributed by atoms with Crippen molar-refractivity contribution in [2.24, 2.45) is 18.9 Å². The number of carbonyl (C=O) groups is 4. The Labute approximate surface area is 387 Å². The van der Waals surface area contributed by atoms with E-state index in [2.05, 4.69) is 9.88 Å². The number of hydrogen-bond acceptors (Lipinski definition) is 9. The molecule has 0 bridgehead atoms. The number of Topliss-reactive ketones (excluding diaryl/α,β-unsaturated/α-hetero) is 2. The molecular formula is C48H56Cl2F3N5O7. The van der Waals surface area contributed by atoms with Crippen LogP contribution in [-0.2, 0) is 45.7 Å². The summed E-state index contributed by atoms with van der Waals surface area (Å²) < 4.78 is 54.7. The Morgan fingerprint density at radius 2 is 1.54 bits per heavy atom. The first-order valence-electron chi connectivity index (χ1n) is 21.9. The third kappa shape index (κ3) is 12.9. The number of nitrogens with zero attached hydrogens (tertiary/aromatic N) is 5. The van der Waals surface area contributed by atoms with Crippen molar-refractivity contribution in [3.63, 3.8) is 0 Å². The number of hydrogen-bond donors (Lipinski definition) is 1. The normalized spacial score (nSPS) is 21.0. The Bertz CT molecular complexity index is 2300. The highest BCUT2D eigenvalue weighted by Gasteiger charge is 2.37. The number of halogens is 5. The Morgan fingerprint density at radius 1 is 0.862 bits per heavy atom. The van der Waals surface area contributed by atoms with E-state index in [-0.39, 0.29) is 59.3 Å². The molecule has 350 valence electrons. The number of rotatable bonds is 13. The highest BCUT2D eigenvalue weighted by atomic mass is 35.5. The molecule has 3 aromatic carbocycles. The Morgan fingerprint density at radius 3 is 2.18 bits per heavy atom. The lowest BCUT2D eigenvalue weighted by Gasteiger charge is -2.34. The predicted octanol–water partition coefficient (Wildman–Crippen LogP) is 8.86. The van der Waals surface area contributed by atoms with E-state index in [1.165, 1.54) is 24.0 Å². The molecule has 12 nitrogen and oxygen atoms in total. The smallest absolute Gasteiger partial charge is 0.422 e. The van der Waals surface area contributed by atoms with Gasteiger partial charge in [-0.2, -0.15) is 13.2 Å². The van der Waals surface area contributed by atoms with Crippen LogP contribution in [0.4, 0.5) is 13.2 Å². The predicted molar refractivity (Wildman–Crippen MR) is 241 cm³/mol. The van der Waals surface area contributed by atoms with E-state index in [0.29, 0.717) is 11.4 Å². The minimum Gasteiger partial charge on any atom is -0.484 e. The van der Waals surface area contributed by atoms with Crippen LogP contribution < -0.4 is 9.47 Å². The van der Waals surface area contributed by atoms with Gasteiger partial charge in [0.2, 0.25) is 11.8 Å². The zero-order chi connectivity index (χ0) is 47.0. The second-order valence-electron chi connectivity index (χ2n) is 17.0. The van der Waals surface area contributed by atoms with Gasteiger partial charge in [-0.05, 0) is 100 Å². The van der Waals surface area contributed by atoms with Gasteiger partial charge in [-0.25, -0.2) is 4.98 Å². The van der Waals surface area contributed by atoms with Gasteiger partial charge in [-0.1, -0.05) is 42.3 Å². The van der Waals surface area contributed by atoms with Gasteiger partial charge < -0.3 is 28.9 Å². The summed E-state index contributed by atoms with van der Waals surface area (Å²) >= 11 is 12.6. The van der Waals surface area contributed by atoms with Gasteiger partial charge in [-0.3, -0.25) is 24.1 Å². The van der Waals surface area contributed by atoms with Crippen LogP contribution in [0.5, 0.6) is 17.2 Å². The first kappa shape index (κ1) is 49.5. The molecule has 6 rings (SSSR count). The number of ether oxygens (including phenoxy) is 2. The highest BCUT2D eigenvalue weighted by Crippen LogP contribution is 2.39. The molecule has 1 aromatic heterocycles. The summed E-state index contributed by atoms with van der Waals surface area (Å²) in [4.78, 5) is 66.3. The number of likely N-dealkylation sites (N-methyl/N-ethyl adjacent to an activating group) is 1. The molecule has 2 aliphatic heterocycles. The number of aliphatic hydroxyl groups excluding tert-OH is 1. The van der Waals surface area contributed by atoms with Crippen LogP contribution in [0.2, 0.25) is 10.0 Å². The van der Waals surface area contributed by atoms with Gasteiger partial charge in [0.15, 0.2) is 12.4 Å². The second-order valence-corrected chi connectivity index (χ2v) is 17.9. The van der Waals surface area contributed by atoms with Crippen LogP contribution in [0.1, 0.15) is 75.7 Å². The summed E-state index contributed by atoms with van der Waals surface area (Å²) in [5.74, 6) is -3.08. The maximum absolute atomic E-state index is 14.5. The second kappa shape index (κ2) is 22.0. The molecule has 0 radical (unpaired) electrons. The van der Waals surface area contributed by atoms with Crippen molar-refractivity contribution >= 4 is 46.6 Å². The molecule has 0 unspecified atom stereocenters. The Balaban J connectivity index is 1.32. The highest BCUT2D eigenvalue weighted by molar-refractivity contribution is 6.31. The minimum atomic E-state index is -4.75. The summed E-state index contributed by atoms with van der Waals surface area (Å²) in [5.41, 5.74) is 2.55. The van der Waals surface area contributed by atoms with E-state index in [9.17, 15) is 37.5 Å². The summed E-state index contributed by atoms with van der Waals surface area (Å²) in [5, 5.41) is 11.0. The molecule has 17 heteroatoms. The molecule has 2 fully saturated rings. The quantitative estimate of drug-likeness (QED) is 0.140. The van der Waals surface area contributed by atoms with Crippen molar-refractivity contribution in [3.8, 4) is 28.5 Å². The number of amides is 2. The molecule has 2 aliphatic rings. The minimum absolute atomic E-state index is 0.0195. The molecule has 1 N–H and O–H groups in total. The number of benzene rings is 3. The van der Waals surface area contributed by atoms with Crippen molar-refractivity contribution < 1.29 is 46.9 Å². The zero-order valence-electron chi connectivity index (χ0n) is 37.1. The molecule has 0 aliphatic carbocycles. The van der Waals surface area contributed by atoms with Crippen molar-refractivity contribution in [1.82, 2.24) is 24.3 Å². The largest absolute Gasteiger partial charge is 0.484 e. The van der Waals surface area contributed by atoms with E-state index >= 15 is 0 Å². The number of aliphatic hydroxyl groups is 1. The van der Waals surface area contributed by atoms with E-state index in [1.807, 2.05) is 35.9 Å². The van der Waals surface area contributed by atoms with E-state index in [4.69, 9.17) is 32.7 Å². The molecule has 0 spiro atoms. The lowest BCUT2D eigenvalue weighted by molar-refractivity contribution is -0.153. The SMILES string of the molecule is CC[C@@H]1CC(=O)N(Cc2c(OCC(F)(F)F)cc(Cl)cc2Oc2ccc(-c3cnc(CN4CCCC4)n3C)cc2)[C@@H](C)C(=O)C[C@@H](CO)C(=O)N(C)[C@H](Cc2ccc(Cl)cc2)CCC1=O. The number of alkyl halides is 3. The van der Waals surface area contributed by atoms with Gasteiger partial charge in [-0.15, -0.1) is 0 Å². The lowest BCUT2D eigenvalue weighted by Crippen LogP contribution is -2.47. The van der Waals surface area contributed by atoms with Crippen molar-refractivity contribution in [2.45, 2.75) is 96.6 Å². The van der Waals surface area contributed by atoms with Crippen LogP contribution >= 0.6 is 23.2 Å². The number of likely N-dealkylation sites (tertiary alicyclic amines) is 1. The molecule has 0 saturated carbocycles. The van der Waals surface area contributed by atoms with Gasteiger partial charge in [0.25, 0.3) is 0 Å². The van der Waals surface area contributed by atoms with E-state index in [0.717, 1.165) is 60.0 Å². The number of aromatic nitrogens is 2. The maximum atomic E-state index is 14.5. The fourth-order valence-electron chi connectivity index (χ4n) is 8.50. The summed E-state index contributed by atoms with van der Waals surface area (Å²) in [6, 6.07) is 14.9. The summed E-state index contributed by atoms with van der Waals surface area (Å²) in [6.07, 6.45) is -0.440. The topological polar surface area (TPSA) is 135 Å². The molecule has 4 atom stereocenters. The van der Waals surface area contributed by atoms with Gasteiger partial charge in [0, 0.05) is 67.0 Å². The lowest BCUT2D eigenvalue weighted by atomic mass is 9.89. The third-order valence-corrected chi connectivity index (χ3v) is 13.0. The van der Waals surface area contributed by atoms with Crippen LogP contribution in [0.15, 0.2) is 66.9 Å². The van der Waals surface area contributed by atoms with Gasteiger partial charge in [0.1, 0.15) is 28.9 Å².